The van der Waals surface area contributed by atoms with Gasteiger partial charge in [-0.1, -0.05) is 30.3 Å². The van der Waals surface area contributed by atoms with Crippen LogP contribution in [-0.2, 0) is 0 Å². The minimum atomic E-state index is -1.25. The first-order chi connectivity index (χ1) is 14.0. The second-order valence-electron chi connectivity index (χ2n) is 8.02. The molecule has 0 radical (unpaired) electrons. The second kappa shape index (κ2) is 7.79. The third-order valence-electron chi connectivity index (χ3n) is 5.89. The number of hydrogen-bond donors (Lipinski definition) is 2. The van der Waals surface area contributed by atoms with Crippen LogP contribution in [0, 0.1) is 41.5 Å². The van der Waals surface area contributed by atoms with Crippen molar-refractivity contribution >= 4 is 11.9 Å². The van der Waals surface area contributed by atoms with Gasteiger partial charge in [-0.3, -0.25) is 0 Å². The Morgan fingerprint density at radius 1 is 0.567 bits per heavy atom. The van der Waals surface area contributed by atoms with Crippen LogP contribution >= 0.6 is 0 Å². The Kier molecular flexibility index (Phi) is 5.53. The molecule has 3 rings (SSSR count). The normalized spacial score (nSPS) is 10.9. The summed E-state index contributed by atoms with van der Waals surface area (Å²) >= 11 is 0. The van der Waals surface area contributed by atoms with Crippen LogP contribution in [0.2, 0.25) is 0 Å². The lowest BCUT2D eigenvalue weighted by Gasteiger charge is -2.20. The van der Waals surface area contributed by atoms with Crippen molar-refractivity contribution < 1.29 is 19.8 Å². The molecule has 0 heterocycles. The standard InChI is InChI=1S/C26H26O4/c1-13-9-17(5)21(11-15(13)3)19-7-8-20(25(27)28)24(26(29)30)23(19)22-12-16(4)14(2)10-18(22)6/h7-12H,1-6H3,(H,27,28)(H,29,30). The molecule has 0 amide bonds. The molecule has 0 aliphatic rings. The van der Waals surface area contributed by atoms with E-state index in [0.29, 0.717) is 5.56 Å². The second-order valence-corrected chi connectivity index (χ2v) is 8.02. The maximum atomic E-state index is 12.3. The molecule has 2 N–H and O–H groups in total. The first kappa shape index (κ1) is 21.3. The van der Waals surface area contributed by atoms with Gasteiger partial charge in [0, 0.05) is 5.56 Å². The Bertz CT molecular complexity index is 1200. The minimum Gasteiger partial charge on any atom is -0.478 e. The van der Waals surface area contributed by atoms with Crippen molar-refractivity contribution in [2.45, 2.75) is 41.5 Å². The molecule has 3 aromatic carbocycles. The summed E-state index contributed by atoms with van der Waals surface area (Å²) in [5.41, 5.74) is 8.74. The maximum Gasteiger partial charge on any atom is 0.337 e. The lowest BCUT2D eigenvalue weighted by atomic mass is 9.83. The summed E-state index contributed by atoms with van der Waals surface area (Å²) in [5.74, 6) is -2.50. The summed E-state index contributed by atoms with van der Waals surface area (Å²) in [6.07, 6.45) is 0. The molecule has 0 fully saturated rings. The van der Waals surface area contributed by atoms with Crippen LogP contribution in [0.15, 0.2) is 36.4 Å². The Morgan fingerprint density at radius 2 is 1.03 bits per heavy atom. The largest absolute Gasteiger partial charge is 0.478 e. The molecule has 0 bridgehead atoms. The fraction of sp³-hybridized carbons (Fsp3) is 0.231. The predicted octanol–water partition coefficient (Wildman–Crippen LogP) is 6.27. The van der Waals surface area contributed by atoms with Crippen LogP contribution in [0.5, 0.6) is 0 Å². The molecule has 0 aliphatic carbocycles. The van der Waals surface area contributed by atoms with Gasteiger partial charge in [-0.25, -0.2) is 9.59 Å². The molecule has 4 nitrogen and oxygen atoms in total. The number of carboxylic acid groups (broad SMARTS) is 2. The molecular weight excluding hydrogens is 376 g/mol. The highest BCUT2D eigenvalue weighted by Crippen LogP contribution is 2.41. The topological polar surface area (TPSA) is 74.6 Å². The summed E-state index contributed by atoms with van der Waals surface area (Å²) in [6, 6.07) is 11.2. The van der Waals surface area contributed by atoms with Crippen LogP contribution < -0.4 is 0 Å². The molecular formula is C26H26O4. The number of rotatable bonds is 4. The van der Waals surface area contributed by atoms with Gasteiger partial charge in [0.05, 0.1) is 11.1 Å². The smallest absolute Gasteiger partial charge is 0.337 e. The fourth-order valence-electron chi connectivity index (χ4n) is 3.99. The number of aryl methyl sites for hydroxylation is 6. The molecule has 0 atom stereocenters. The van der Waals surface area contributed by atoms with E-state index < -0.39 is 11.9 Å². The van der Waals surface area contributed by atoms with Crippen LogP contribution in [0.25, 0.3) is 22.3 Å². The van der Waals surface area contributed by atoms with Crippen molar-refractivity contribution in [1.82, 2.24) is 0 Å². The predicted molar refractivity (Wildman–Crippen MR) is 120 cm³/mol. The first-order valence-electron chi connectivity index (χ1n) is 9.83. The highest BCUT2D eigenvalue weighted by Gasteiger charge is 2.26. The Morgan fingerprint density at radius 3 is 1.53 bits per heavy atom. The van der Waals surface area contributed by atoms with E-state index in [4.69, 9.17) is 0 Å². The Balaban J connectivity index is 2.54. The van der Waals surface area contributed by atoms with Crippen LogP contribution in [0.1, 0.15) is 54.1 Å². The number of hydrogen-bond acceptors (Lipinski definition) is 2. The van der Waals surface area contributed by atoms with Crippen molar-refractivity contribution in [3.63, 3.8) is 0 Å². The van der Waals surface area contributed by atoms with E-state index in [0.717, 1.165) is 50.1 Å². The van der Waals surface area contributed by atoms with Crippen molar-refractivity contribution in [1.29, 1.82) is 0 Å². The van der Waals surface area contributed by atoms with Gasteiger partial charge in [-0.2, -0.15) is 0 Å². The number of aromatic carboxylic acids is 2. The number of carbonyl (C=O) groups is 2. The zero-order valence-electron chi connectivity index (χ0n) is 18.2. The SMILES string of the molecule is Cc1cc(C)c(-c2ccc(C(=O)O)c(C(=O)O)c2-c2cc(C)c(C)cc2C)cc1C. The van der Waals surface area contributed by atoms with Gasteiger partial charge in [0.2, 0.25) is 0 Å². The Labute approximate surface area is 176 Å². The van der Waals surface area contributed by atoms with Crippen molar-refractivity contribution in [3.8, 4) is 22.3 Å². The zero-order chi connectivity index (χ0) is 22.3. The van der Waals surface area contributed by atoms with E-state index in [9.17, 15) is 19.8 Å². The third-order valence-corrected chi connectivity index (χ3v) is 5.89. The molecule has 0 saturated heterocycles. The lowest BCUT2D eigenvalue weighted by molar-refractivity contribution is 0.0652. The van der Waals surface area contributed by atoms with Gasteiger partial charge in [0.25, 0.3) is 0 Å². The average Bonchev–Trinajstić information content (AvgIpc) is 2.66. The molecule has 3 aromatic rings. The van der Waals surface area contributed by atoms with Crippen molar-refractivity contribution in [3.05, 3.63) is 80.9 Å². The van der Waals surface area contributed by atoms with Crippen molar-refractivity contribution in [2.24, 2.45) is 0 Å². The van der Waals surface area contributed by atoms with E-state index in [-0.39, 0.29) is 11.1 Å². The molecule has 0 spiro atoms. The highest BCUT2D eigenvalue weighted by molar-refractivity contribution is 6.10. The minimum absolute atomic E-state index is 0.177. The molecule has 0 aromatic heterocycles. The highest BCUT2D eigenvalue weighted by atomic mass is 16.4. The van der Waals surface area contributed by atoms with Gasteiger partial charge in [0.1, 0.15) is 0 Å². The molecule has 154 valence electrons. The molecule has 30 heavy (non-hydrogen) atoms. The van der Waals surface area contributed by atoms with Crippen LogP contribution in [0.4, 0.5) is 0 Å². The summed E-state index contributed by atoms with van der Waals surface area (Å²) in [4.78, 5) is 24.2. The summed E-state index contributed by atoms with van der Waals surface area (Å²) in [5, 5.41) is 19.7. The summed E-state index contributed by atoms with van der Waals surface area (Å²) < 4.78 is 0. The van der Waals surface area contributed by atoms with Gasteiger partial charge >= 0.3 is 11.9 Å². The van der Waals surface area contributed by atoms with E-state index in [1.807, 2.05) is 59.7 Å². The van der Waals surface area contributed by atoms with Gasteiger partial charge in [-0.15, -0.1) is 0 Å². The first-order valence-corrected chi connectivity index (χ1v) is 9.83. The van der Waals surface area contributed by atoms with Gasteiger partial charge < -0.3 is 10.2 Å². The summed E-state index contributed by atoms with van der Waals surface area (Å²) in [7, 11) is 0. The van der Waals surface area contributed by atoms with Crippen molar-refractivity contribution in [2.75, 3.05) is 0 Å². The fourth-order valence-corrected chi connectivity index (χ4v) is 3.99. The molecule has 0 unspecified atom stereocenters. The van der Waals surface area contributed by atoms with Gasteiger partial charge in [0.15, 0.2) is 0 Å². The van der Waals surface area contributed by atoms with E-state index >= 15 is 0 Å². The number of carboxylic acids is 2. The monoisotopic (exact) mass is 402 g/mol. The zero-order valence-corrected chi connectivity index (χ0v) is 18.2. The third kappa shape index (κ3) is 3.61. The maximum absolute atomic E-state index is 12.3. The van der Waals surface area contributed by atoms with Crippen LogP contribution in [-0.4, -0.2) is 22.2 Å². The van der Waals surface area contributed by atoms with E-state index in [1.165, 1.54) is 6.07 Å². The van der Waals surface area contributed by atoms with Crippen LogP contribution in [0.3, 0.4) is 0 Å². The quantitative estimate of drug-likeness (QED) is 0.539. The lowest BCUT2D eigenvalue weighted by Crippen LogP contribution is -2.11. The molecule has 0 aliphatic heterocycles. The number of benzene rings is 3. The van der Waals surface area contributed by atoms with E-state index in [1.54, 1.807) is 6.07 Å². The van der Waals surface area contributed by atoms with E-state index in [2.05, 4.69) is 6.07 Å². The van der Waals surface area contributed by atoms with Gasteiger partial charge in [-0.05, 0) is 97.7 Å². The molecule has 0 saturated carbocycles. The Hall–Kier alpha value is -3.40. The average molecular weight is 402 g/mol. The summed E-state index contributed by atoms with van der Waals surface area (Å²) in [6.45, 7) is 12.0. The molecule has 4 heteroatoms.